The normalized spacial score (nSPS) is 11.8. The van der Waals surface area contributed by atoms with Crippen molar-refractivity contribution in [3.63, 3.8) is 0 Å². The van der Waals surface area contributed by atoms with Gasteiger partial charge in [0.25, 0.3) is 0 Å². The molecule has 0 aliphatic rings. The number of esters is 1. The lowest BCUT2D eigenvalue weighted by atomic mass is 9.97. The Bertz CT molecular complexity index is 303. The first kappa shape index (κ1) is 10.5. The number of hydrogen-bond acceptors (Lipinski definition) is 2. The molecule has 1 aromatic rings. The zero-order valence-electron chi connectivity index (χ0n) is 8.27. The maximum absolute atomic E-state index is 11.5. The van der Waals surface area contributed by atoms with Crippen LogP contribution in [-0.4, -0.2) is 5.97 Å². The second-order valence-electron chi connectivity index (χ2n) is 2.98. The van der Waals surface area contributed by atoms with E-state index in [1.165, 1.54) is 6.26 Å². The minimum atomic E-state index is -0.242. The second kappa shape index (κ2) is 5.22. The van der Waals surface area contributed by atoms with Crippen molar-refractivity contribution in [1.29, 1.82) is 0 Å². The van der Waals surface area contributed by atoms with Crippen LogP contribution in [0.15, 0.2) is 43.2 Å². The van der Waals surface area contributed by atoms with E-state index in [0.29, 0.717) is 0 Å². The fourth-order valence-corrected chi connectivity index (χ4v) is 1.39. The summed E-state index contributed by atoms with van der Waals surface area (Å²) in [5, 5.41) is 0. The van der Waals surface area contributed by atoms with Gasteiger partial charge in [-0.1, -0.05) is 43.8 Å². The van der Waals surface area contributed by atoms with E-state index in [-0.39, 0.29) is 11.9 Å². The monoisotopic (exact) mass is 190 g/mol. The largest absolute Gasteiger partial charge is 0.435 e. The third kappa shape index (κ3) is 2.46. The Balaban J connectivity index is 2.82. The van der Waals surface area contributed by atoms with Gasteiger partial charge in [0.1, 0.15) is 0 Å². The van der Waals surface area contributed by atoms with Gasteiger partial charge in [0.2, 0.25) is 0 Å². The van der Waals surface area contributed by atoms with Crippen LogP contribution in [0.3, 0.4) is 0 Å². The van der Waals surface area contributed by atoms with Crippen molar-refractivity contribution in [2.75, 3.05) is 0 Å². The summed E-state index contributed by atoms with van der Waals surface area (Å²) in [6, 6.07) is 9.62. The van der Waals surface area contributed by atoms with Crippen LogP contribution in [-0.2, 0) is 9.53 Å². The minimum Gasteiger partial charge on any atom is -0.435 e. The smallest absolute Gasteiger partial charge is 0.318 e. The van der Waals surface area contributed by atoms with E-state index in [9.17, 15) is 4.79 Å². The Morgan fingerprint density at radius 1 is 1.50 bits per heavy atom. The molecule has 1 rings (SSSR count). The Kier molecular flexibility index (Phi) is 3.92. The number of benzene rings is 1. The first-order valence-electron chi connectivity index (χ1n) is 4.66. The average molecular weight is 190 g/mol. The Labute approximate surface area is 84.2 Å². The Hall–Kier alpha value is -1.57. The van der Waals surface area contributed by atoms with Crippen LogP contribution in [0.5, 0.6) is 0 Å². The quantitative estimate of drug-likeness (QED) is 0.539. The van der Waals surface area contributed by atoms with Crippen molar-refractivity contribution in [2.45, 2.75) is 19.3 Å². The molecule has 0 aliphatic carbocycles. The molecular weight excluding hydrogens is 176 g/mol. The van der Waals surface area contributed by atoms with Crippen LogP contribution in [0.2, 0.25) is 0 Å². The van der Waals surface area contributed by atoms with Gasteiger partial charge >= 0.3 is 5.97 Å². The fraction of sp³-hybridized carbons (Fsp3) is 0.250. The van der Waals surface area contributed by atoms with Gasteiger partial charge in [-0.15, -0.1) is 0 Å². The molecule has 0 saturated heterocycles. The maximum atomic E-state index is 11.5. The molecule has 2 heteroatoms. The first-order valence-corrected chi connectivity index (χ1v) is 4.66. The van der Waals surface area contributed by atoms with Crippen LogP contribution in [0.25, 0.3) is 0 Å². The van der Waals surface area contributed by atoms with Crippen LogP contribution in [0.1, 0.15) is 24.8 Å². The molecule has 0 aliphatic heterocycles. The number of ether oxygens (including phenoxy) is 1. The highest BCUT2D eigenvalue weighted by Crippen LogP contribution is 2.20. The fourth-order valence-electron chi connectivity index (χ4n) is 1.39. The van der Waals surface area contributed by atoms with Gasteiger partial charge in [-0.25, -0.2) is 0 Å². The highest BCUT2D eigenvalue weighted by molar-refractivity contribution is 5.78. The molecule has 14 heavy (non-hydrogen) atoms. The maximum Gasteiger partial charge on any atom is 0.318 e. The zero-order chi connectivity index (χ0) is 10.4. The summed E-state index contributed by atoms with van der Waals surface area (Å²) in [6.45, 7) is 5.33. The standard InChI is InChI=1S/C12H14O2/c1-3-11(12(13)14-4-2)10-8-6-5-7-9-10/h4-9,11H,2-3H2,1H3/t11-/m1/s1. The predicted molar refractivity (Wildman–Crippen MR) is 55.8 cm³/mol. The van der Waals surface area contributed by atoms with Gasteiger partial charge in [0.15, 0.2) is 0 Å². The zero-order valence-corrected chi connectivity index (χ0v) is 8.27. The summed E-state index contributed by atoms with van der Waals surface area (Å²) in [7, 11) is 0. The van der Waals surface area contributed by atoms with Gasteiger partial charge in [0.05, 0.1) is 12.2 Å². The minimum absolute atomic E-state index is 0.186. The molecule has 0 saturated carbocycles. The van der Waals surface area contributed by atoms with Gasteiger partial charge in [0, 0.05) is 0 Å². The van der Waals surface area contributed by atoms with Crippen molar-refractivity contribution in [3.8, 4) is 0 Å². The second-order valence-corrected chi connectivity index (χ2v) is 2.98. The van der Waals surface area contributed by atoms with E-state index in [4.69, 9.17) is 4.74 Å². The molecule has 0 heterocycles. The van der Waals surface area contributed by atoms with Crippen molar-refractivity contribution in [1.82, 2.24) is 0 Å². The summed E-state index contributed by atoms with van der Waals surface area (Å²) in [5.74, 6) is -0.428. The number of hydrogen-bond donors (Lipinski definition) is 0. The van der Waals surface area contributed by atoms with Gasteiger partial charge < -0.3 is 4.74 Å². The van der Waals surface area contributed by atoms with E-state index in [0.717, 1.165) is 12.0 Å². The molecule has 0 N–H and O–H groups in total. The molecule has 0 unspecified atom stereocenters. The molecule has 0 spiro atoms. The molecule has 1 aromatic carbocycles. The van der Waals surface area contributed by atoms with Crippen molar-refractivity contribution in [3.05, 3.63) is 48.7 Å². The van der Waals surface area contributed by atoms with Crippen molar-refractivity contribution < 1.29 is 9.53 Å². The highest BCUT2D eigenvalue weighted by atomic mass is 16.5. The summed E-state index contributed by atoms with van der Waals surface area (Å²) in [6.07, 6.45) is 1.91. The molecular formula is C12H14O2. The van der Waals surface area contributed by atoms with Gasteiger partial charge in [-0.2, -0.15) is 0 Å². The van der Waals surface area contributed by atoms with Crippen LogP contribution in [0, 0.1) is 0 Å². The summed E-state index contributed by atoms with van der Waals surface area (Å²) in [5.41, 5.74) is 0.988. The molecule has 0 amide bonds. The average Bonchev–Trinajstić information content (AvgIpc) is 2.21. The van der Waals surface area contributed by atoms with Crippen molar-refractivity contribution >= 4 is 5.97 Å². The Morgan fingerprint density at radius 3 is 2.64 bits per heavy atom. The lowest BCUT2D eigenvalue weighted by molar-refractivity contribution is -0.139. The summed E-state index contributed by atoms with van der Waals surface area (Å²) in [4.78, 5) is 11.5. The van der Waals surface area contributed by atoms with E-state index in [1.54, 1.807) is 0 Å². The van der Waals surface area contributed by atoms with Crippen molar-refractivity contribution in [2.24, 2.45) is 0 Å². The molecule has 1 atom stereocenters. The van der Waals surface area contributed by atoms with Crippen LogP contribution < -0.4 is 0 Å². The summed E-state index contributed by atoms with van der Waals surface area (Å²) < 4.78 is 4.77. The number of carbonyl (C=O) groups is 1. The van der Waals surface area contributed by atoms with E-state index in [1.807, 2.05) is 37.3 Å². The van der Waals surface area contributed by atoms with E-state index in [2.05, 4.69) is 6.58 Å². The molecule has 74 valence electrons. The third-order valence-corrected chi connectivity index (χ3v) is 2.09. The molecule has 2 nitrogen and oxygen atoms in total. The molecule has 0 radical (unpaired) electrons. The van der Waals surface area contributed by atoms with Gasteiger partial charge in [-0.3, -0.25) is 4.79 Å². The van der Waals surface area contributed by atoms with E-state index >= 15 is 0 Å². The molecule has 0 fully saturated rings. The molecule has 0 aromatic heterocycles. The predicted octanol–water partition coefficient (Wildman–Crippen LogP) is 2.87. The summed E-state index contributed by atoms with van der Waals surface area (Å²) >= 11 is 0. The van der Waals surface area contributed by atoms with Crippen LogP contribution >= 0.6 is 0 Å². The first-order chi connectivity index (χ1) is 6.79. The molecule has 0 bridgehead atoms. The van der Waals surface area contributed by atoms with Crippen LogP contribution in [0.4, 0.5) is 0 Å². The third-order valence-electron chi connectivity index (χ3n) is 2.09. The SMILES string of the molecule is C=COC(=O)[C@H](CC)c1ccccc1. The highest BCUT2D eigenvalue weighted by Gasteiger charge is 2.18. The number of carbonyl (C=O) groups excluding carboxylic acids is 1. The van der Waals surface area contributed by atoms with Gasteiger partial charge in [-0.05, 0) is 12.0 Å². The Morgan fingerprint density at radius 2 is 2.14 bits per heavy atom. The lowest BCUT2D eigenvalue weighted by Gasteiger charge is -2.11. The topological polar surface area (TPSA) is 26.3 Å². The van der Waals surface area contributed by atoms with E-state index < -0.39 is 0 Å². The lowest BCUT2D eigenvalue weighted by Crippen LogP contribution is -2.12. The number of rotatable bonds is 4.